The van der Waals surface area contributed by atoms with Crippen molar-refractivity contribution >= 4 is 9.84 Å². The minimum absolute atomic E-state index is 0.0787. The largest absolute Gasteiger partial charge is 0.223 e. The van der Waals surface area contributed by atoms with Crippen LogP contribution in [-0.2, 0) is 9.84 Å². The molecule has 15 heavy (non-hydrogen) atoms. The first kappa shape index (κ1) is 12.2. The summed E-state index contributed by atoms with van der Waals surface area (Å²) >= 11 is 0. The molecule has 0 heterocycles. The summed E-state index contributed by atoms with van der Waals surface area (Å²) in [6.45, 7) is 6.48. The molecule has 0 N–H and O–H groups in total. The van der Waals surface area contributed by atoms with Gasteiger partial charge in [0.2, 0.25) is 0 Å². The number of sulfone groups is 1. The summed E-state index contributed by atoms with van der Waals surface area (Å²) in [6, 6.07) is 3.82. The normalized spacial score (nSPS) is 12.9. The van der Waals surface area contributed by atoms with Crippen molar-refractivity contribution in [3.63, 3.8) is 0 Å². The van der Waals surface area contributed by atoms with Crippen LogP contribution in [-0.4, -0.2) is 13.2 Å². The van der Waals surface area contributed by atoms with Crippen molar-refractivity contribution in [2.75, 3.05) is 0 Å². The molecule has 0 atom stereocenters. The first-order valence-electron chi connectivity index (χ1n) is 4.67. The Morgan fingerprint density at radius 1 is 1.20 bits per heavy atom. The maximum absolute atomic E-state index is 13.0. The van der Waals surface area contributed by atoms with E-state index in [0.717, 1.165) is 6.07 Å². The lowest BCUT2D eigenvalue weighted by atomic mass is 10.2. The lowest BCUT2D eigenvalue weighted by Crippen LogP contribution is -2.28. The Hall–Kier alpha value is -0.900. The molecule has 2 nitrogen and oxygen atoms in total. The van der Waals surface area contributed by atoms with E-state index >= 15 is 0 Å². The highest BCUT2D eigenvalue weighted by molar-refractivity contribution is 7.92. The van der Waals surface area contributed by atoms with Crippen molar-refractivity contribution in [2.45, 2.75) is 37.3 Å². The highest BCUT2D eigenvalue weighted by Gasteiger charge is 2.32. The highest BCUT2D eigenvalue weighted by Crippen LogP contribution is 2.27. The second-order valence-electron chi connectivity index (χ2n) is 4.53. The predicted molar refractivity (Wildman–Crippen MR) is 58.1 cm³/mol. The average molecular weight is 230 g/mol. The summed E-state index contributed by atoms with van der Waals surface area (Å²) in [5.74, 6) is -0.525. The monoisotopic (exact) mass is 230 g/mol. The van der Waals surface area contributed by atoms with Gasteiger partial charge in [-0.2, -0.15) is 0 Å². The molecule has 4 heteroatoms. The van der Waals surface area contributed by atoms with Gasteiger partial charge in [-0.15, -0.1) is 0 Å². The van der Waals surface area contributed by atoms with Gasteiger partial charge < -0.3 is 0 Å². The van der Waals surface area contributed by atoms with Gasteiger partial charge in [0, 0.05) is 0 Å². The summed E-state index contributed by atoms with van der Waals surface area (Å²) in [5, 5.41) is 0. The molecule has 0 aromatic heterocycles. The van der Waals surface area contributed by atoms with Crippen LogP contribution in [0.15, 0.2) is 23.1 Å². The van der Waals surface area contributed by atoms with Crippen LogP contribution in [0.3, 0.4) is 0 Å². The van der Waals surface area contributed by atoms with E-state index in [1.807, 2.05) is 0 Å². The van der Waals surface area contributed by atoms with E-state index in [-0.39, 0.29) is 4.90 Å². The van der Waals surface area contributed by atoms with Crippen molar-refractivity contribution in [3.05, 3.63) is 29.6 Å². The summed E-state index contributed by atoms with van der Waals surface area (Å²) in [7, 11) is -3.47. The van der Waals surface area contributed by atoms with Gasteiger partial charge in [0.1, 0.15) is 5.82 Å². The fourth-order valence-corrected chi connectivity index (χ4v) is 2.61. The van der Waals surface area contributed by atoms with Crippen LogP contribution < -0.4 is 0 Å². The molecule has 0 aliphatic heterocycles. The smallest absolute Gasteiger partial charge is 0.183 e. The summed E-state index contributed by atoms with van der Waals surface area (Å²) in [6.07, 6.45) is 0. The lowest BCUT2D eigenvalue weighted by Gasteiger charge is -2.20. The molecule has 0 saturated carbocycles. The van der Waals surface area contributed by atoms with Gasteiger partial charge in [-0.05, 0) is 45.4 Å². The second kappa shape index (κ2) is 3.59. The zero-order chi connectivity index (χ0) is 11.9. The number of aryl methyl sites for hydroxylation is 1. The summed E-state index contributed by atoms with van der Waals surface area (Å²) in [5.41, 5.74) is 0.575. The van der Waals surface area contributed by atoms with Crippen LogP contribution in [0.1, 0.15) is 26.3 Å². The zero-order valence-electron chi connectivity index (χ0n) is 9.33. The molecule has 0 amide bonds. The van der Waals surface area contributed by atoms with Gasteiger partial charge in [0.25, 0.3) is 0 Å². The Morgan fingerprint density at radius 2 is 1.73 bits per heavy atom. The summed E-state index contributed by atoms with van der Waals surface area (Å²) in [4.78, 5) is 0.0787. The third-order valence-corrected chi connectivity index (χ3v) is 4.88. The standard InChI is InChI=1S/C11H15FO2S/c1-8-5-6-9(12)7-10(8)15(13,14)11(2,3)4/h5-7H,1-4H3. The topological polar surface area (TPSA) is 34.1 Å². The van der Waals surface area contributed by atoms with E-state index < -0.39 is 20.4 Å². The Labute approximate surface area is 90.0 Å². The number of hydrogen-bond acceptors (Lipinski definition) is 2. The van der Waals surface area contributed by atoms with Gasteiger partial charge in [-0.3, -0.25) is 0 Å². The Balaban J connectivity index is 3.47. The first-order chi connectivity index (χ1) is 6.66. The molecule has 0 fully saturated rings. The molecule has 1 aromatic rings. The van der Waals surface area contributed by atoms with Crippen molar-refractivity contribution in [1.82, 2.24) is 0 Å². The van der Waals surface area contributed by atoms with Gasteiger partial charge in [-0.1, -0.05) is 6.07 Å². The predicted octanol–water partition coefficient (Wildman–Crippen LogP) is 2.71. The van der Waals surface area contributed by atoms with E-state index in [1.165, 1.54) is 12.1 Å². The van der Waals surface area contributed by atoms with E-state index in [9.17, 15) is 12.8 Å². The summed E-state index contributed by atoms with van der Waals surface area (Å²) < 4.78 is 36.2. The number of halogens is 1. The number of hydrogen-bond donors (Lipinski definition) is 0. The number of benzene rings is 1. The van der Waals surface area contributed by atoms with Crippen molar-refractivity contribution in [1.29, 1.82) is 0 Å². The van der Waals surface area contributed by atoms with E-state index in [4.69, 9.17) is 0 Å². The van der Waals surface area contributed by atoms with Crippen LogP contribution in [0.5, 0.6) is 0 Å². The quantitative estimate of drug-likeness (QED) is 0.743. The minimum Gasteiger partial charge on any atom is -0.223 e. The van der Waals surface area contributed by atoms with Gasteiger partial charge in [0.05, 0.1) is 9.64 Å². The molecule has 0 bridgehead atoms. The van der Waals surface area contributed by atoms with E-state index in [1.54, 1.807) is 27.7 Å². The lowest BCUT2D eigenvalue weighted by molar-refractivity contribution is 0.556. The van der Waals surface area contributed by atoms with Crippen molar-refractivity contribution in [3.8, 4) is 0 Å². The van der Waals surface area contributed by atoms with Crippen LogP contribution in [0.4, 0.5) is 4.39 Å². The van der Waals surface area contributed by atoms with Gasteiger partial charge in [0.15, 0.2) is 9.84 Å². The highest BCUT2D eigenvalue weighted by atomic mass is 32.2. The van der Waals surface area contributed by atoms with Crippen LogP contribution in [0.2, 0.25) is 0 Å². The van der Waals surface area contributed by atoms with Gasteiger partial charge >= 0.3 is 0 Å². The fourth-order valence-electron chi connectivity index (χ4n) is 1.19. The minimum atomic E-state index is -3.47. The molecule has 0 aliphatic carbocycles. The molecule has 0 spiro atoms. The molecule has 1 aromatic carbocycles. The molecular weight excluding hydrogens is 215 g/mol. The maximum Gasteiger partial charge on any atom is 0.183 e. The van der Waals surface area contributed by atoms with E-state index in [0.29, 0.717) is 5.56 Å². The SMILES string of the molecule is Cc1ccc(F)cc1S(=O)(=O)C(C)(C)C. The third-order valence-electron chi connectivity index (χ3n) is 2.25. The molecule has 0 aliphatic rings. The van der Waals surface area contributed by atoms with Crippen molar-refractivity contribution < 1.29 is 12.8 Å². The van der Waals surface area contributed by atoms with Crippen LogP contribution in [0, 0.1) is 12.7 Å². The Kier molecular flexibility index (Phi) is 2.92. The third kappa shape index (κ3) is 2.20. The molecule has 84 valence electrons. The molecule has 0 unspecified atom stereocenters. The second-order valence-corrected chi connectivity index (χ2v) is 7.20. The zero-order valence-corrected chi connectivity index (χ0v) is 10.2. The number of rotatable bonds is 1. The first-order valence-corrected chi connectivity index (χ1v) is 6.15. The van der Waals surface area contributed by atoms with Gasteiger partial charge in [-0.25, -0.2) is 12.8 Å². The van der Waals surface area contributed by atoms with Crippen molar-refractivity contribution in [2.24, 2.45) is 0 Å². The van der Waals surface area contributed by atoms with Crippen LogP contribution >= 0.6 is 0 Å². The van der Waals surface area contributed by atoms with E-state index in [2.05, 4.69) is 0 Å². The fraction of sp³-hybridized carbons (Fsp3) is 0.455. The average Bonchev–Trinajstić information content (AvgIpc) is 2.07. The molecule has 1 rings (SSSR count). The Bertz CT molecular complexity index is 470. The Morgan fingerprint density at radius 3 is 2.20 bits per heavy atom. The van der Waals surface area contributed by atoms with Crippen LogP contribution in [0.25, 0.3) is 0 Å². The molecule has 0 saturated heterocycles. The molecule has 0 radical (unpaired) electrons. The maximum atomic E-state index is 13.0. The molecular formula is C11H15FO2S.